The fraction of sp³-hybridized carbons (Fsp3) is 0.658. The zero-order valence-corrected chi connectivity index (χ0v) is 28.0. The standard InChI is InChI=1S/C38H59NO5/c1-4-6-8-10-12-14-16-18-20-22-26-43-35-24-25-37(44-27-23-21-19-17-15-13-11-9-7-5-2)36(31-35)38(40)33-28-32(3)29-34(30-33)39(41)42/h24-25,28-31H,4-23,26-27H2,1-3H3. The number of unbranched alkanes of at least 4 members (excludes halogenated alkanes) is 18. The first-order chi connectivity index (χ1) is 21.5. The molecule has 0 fully saturated rings. The number of ketones is 1. The fourth-order valence-electron chi connectivity index (χ4n) is 5.61. The molecule has 2 aromatic carbocycles. The predicted octanol–water partition coefficient (Wildman–Crippen LogP) is 11.7. The van der Waals surface area contributed by atoms with Crippen molar-refractivity contribution in [2.75, 3.05) is 13.2 Å². The van der Waals surface area contributed by atoms with Gasteiger partial charge in [-0.2, -0.15) is 0 Å². The lowest BCUT2D eigenvalue weighted by atomic mass is 9.99. The molecule has 0 aliphatic rings. The van der Waals surface area contributed by atoms with Crippen LogP contribution in [0.4, 0.5) is 5.69 Å². The van der Waals surface area contributed by atoms with Crippen LogP contribution in [-0.2, 0) is 0 Å². The van der Waals surface area contributed by atoms with Gasteiger partial charge < -0.3 is 9.47 Å². The van der Waals surface area contributed by atoms with Crippen molar-refractivity contribution in [3.05, 3.63) is 63.2 Å². The Labute approximate surface area is 267 Å². The Kier molecular flexibility index (Phi) is 19.9. The maximum atomic E-state index is 13.6. The number of nitro groups is 1. The van der Waals surface area contributed by atoms with Crippen molar-refractivity contribution in [1.82, 2.24) is 0 Å². The molecule has 0 radical (unpaired) electrons. The summed E-state index contributed by atoms with van der Waals surface area (Å²) in [6, 6.07) is 9.92. The monoisotopic (exact) mass is 609 g/mol. The number of carbonyl (C=O) groups excluding carboxylic acids is 1. The Morgan fingerprint density at radius 1 is 0.636 bits per heavy atom. The zero-order valence-electron chi connectivity index (χ0n) is 28.0. The van der Waals surface area contributed by atoms with Gasteiger partial charge in [0.25, 0.3) is 5.69 Å². The third kappa shape index (κ3) is 15.7. The molecular formula is C38H59NO5. The summed E-state index contributed by atoms with van der Waals surface area (Å²) in [6.07, 6.45) is 25.0. The molecule has 2 rings (SSSR count). The lowest BCUT2D eigenvalue weighted by molar-refractivity contribution is -0.384. The molecule has 0 aromatic heterocycles. The van der Waals surface area contributed by atoms with Crippen LogP contribution in [0.15, 0.2) is 36.4 Å². The van der Waals surface area contributed by atoms with Gasteiger partial charge in [0.15, 0.2) is 5.78 Å². The van der Waals surface area contributed by atoms with Gasteiger partial charge in [-0.05, 0) is 49.6 Å². The molecule has 0 bridgehead atoms. The van der Waals surface area contributed by atoms with E-state index < -0.39 is 4.92 Å². The van der Waals surface area contributed by atoms with E-state index in [1.807, 2.05) is 12.1 Å². The van der Waals surface area contributed by atoms with E-state index in [4.69, 9.17) is 9.47 Å². The van der Waals surface area contributed by atoms with E-state index in [0.29, 0.717) is 35.8 Å². The van der Waals surface area contributed by atoms with Gasteiger partial charge in [-0.3, -0.25) is 14.9 Å². The Morgan fingerprint density at radius 3 is 1.61 bits per heavy atom. The lowest BCUT2D eigenvalue weighted by Crippen LogP contribution is -2.08. The van der Waals surface area contributed by atoms with E-state index in [1.54, 1.807) is 19.1 Å². The largest absolute Gasteiger partial charge is 0.494 e. The Morgan fingerprint density at radius 2 is 1.11 bits per heavy atom. The first-order valence-corrected chi connectivity index (χ1v) is 17.7. The van der Waals surface area contributed by atoms with Crippen LogP contribution in [0.3, 0.4) is 0 Å². The summed E-state index contributed by atoms with van der Waals surface area (Å²) in [5, 5.41) is 11.4. The van der Waals surface area contributed by atoms with Gasteiger partial charge in [0.2, 0.25) is 0 Å². The number of aryl methyl sites for hydroxylation is 1. The topological polar surface area (TPSA) is 78.7 Å². The Bertz CT molecular complexity index is 1080. The first-order valence-electron chi connectivity index (χ1n) is 17.7. The maximum absolute atomic E-state index is 13.6. The van der Waals surface area contributed by atoms with Gasteiger partial charge in [-0.1, -0.05) is 129 Å². The molecule has 246 valence electrons. The van der Waals surface area contributed by atoms with Crippen LogP contribution in [0.25, 0.3) is 0 Å². The summed E-state index contributed by atoms with van der Waals surface area (Å²) in [5.74, 6) is 0.832. The lowest BCUT2D eigenvalue weighted by Gasteiger charge is -2.14. The van der Waals surface area contributed by atoms with Crippen molar-refractivity contribution in [2.45, 2.75) is 149 Å². The van der Waals surface area contributed by atoms with Crippen molar-refractivity contribution in [3.63, 3.8) is 0 Å². The fourth-order valence-corrected chi connectivity index (χ4v) is 5.61. The van der Waals surface area contributed by atoms with Crippen molar-refractivity contribution < 1.29 is 19.2 Å². The molecule has 0 atom stereocenters. The van der Waals surface area contributed by atoms with Crippen LogP contribution in [0, 0.1) is 17.0 Å². The van der Waals surface area contributed by atoms with E-state index in [2.05, 4.69) is 13.8 Å². The minimum absolute atomic E-state index is 0.0884. The molecule has 0 amide bonds. The minimum atomic E-state index is -0.460. The van der Waals surface area contributed by atoms with Gasteiger partial charge >= 0.3 is 0 Å². The van der Waals surface area contributed by atoms with Gasteiger partial charge in [0.1, 0.15) is 11.5 Å². The third-order valence-corrected chi connectivity index (χ3v) is 8.25. The molecule has 0 saturated carbocycles. The molecular weight excluding hydrogens is 550 g/mol. The van der Waals surface area contributed by atoms with Crippen molar-refractivity contribution in [2.24, 2.45) is 0 Å². The Hall–Kier alpha value is -2.89. The van der Waals surface area contributed by atoms with Crippen LogP contribution in [0.2, 0.25) is 0 Å². The normalized spacial score (nSPS) is 11.1. The molecule has 6 heteroatoms. The number of nitro benzene ring substituents is 1. The second-order valence-electron chi connectivity index (χ2n) is 12.4. The van der Waals surface area contributed by atoms with E-state index in [1.165, 1.54) is 115 Å². The van der Waals surface area contributed by atoms with Gasteiger partial charge in [0.05, 0.1) is 23.7 Å². The van der Waals surface area contributed by atoms with Crippen LogP contribution in [-0.4, -0.2) is 23.9 Å². The molecule has 0 unspecified atom stereocenters. The summed E-state index contributed by atoms with van der Waals surface area (Å²) in [5.41, 5.74) is 1.25. The van der Waals surface area contributed by atoms with Crippen LogP contribution < -0.4 is 9.47 Å². The molecule has 0 heterocycles. The quantitative estimate of drug-likeness (QED) is 0.0436. The highest BCUT2D eigenvalue weighted by molar-refractivity contribution is 6.11. The zero-order chi connectivity index (χ0) is 31.8. The molecule has 0 N–H and O–H groups in total. The van der Waals surface area contributed by atoms with Gasteiger partial charge in [0, 0.05) is 17.7 Å². The van der Waals surface area contributed by atoms with E-state index in [0.717, 1.165) is 25.7 Å². The second-order valence-corrected chi connectivity index (χ2v) is 12.4. The number of carbonyl (C=O) groups is 1. The average molecular weight is 610 g/mol. The summed E-state index contributed by atoms with van der Waals surface area (Å²) in [6.45, 7) is 7.39. The predicted molar refractivity (Wildman–Crippen MR) is 182 cm³/mol. The maximum Gasteiger partial charge on any atom is 0.270 e. The Balaban J connectivity index is 1.90. The van der Waals surface area contributed by atoms with Gasteiger partial charge in [-0.15, -0.1) is 0 Å². The van der Waals surface area contributed by atoms with E-state index >= 15 is 0 Å². The summed E-state index contributed by atoms with van der Waals surface area (Å²) in [4.78, 5) is 24.6. The summed E-state index contributed by atoms with van der Waals surface area (Å²) >= 11 is 0. The number of hydrogen-bond donors (Lipinski definition) is 0. The number of non-ortho nitro benzene ring substituents is 1. The van der Waals surface area contributed by atoms with Crippen molar-refractivity contribution in [3.8, 4) is 11.5 Å². The van der Waals surface area contributed by atoms with Crippen molar-refractivity contribution >= 4 is 11.5 Å². The van der Waals surface area contributed by atoms with Crippen LogP contribution in [0.1, 0.15) is 164 Å². The number of benzene rings is 2. The highest BCUT2D eigenvalue weighted by atomic mass is 16.6. The molecule has 0 aliphatic heterocycles. The molecule has 44 heavy (non-hydrogen) atoms. The van der Waals surface area contributed by atoms with Crippen molar-refractivity contribution in [1.29, 1.82) is 0 Å². The average Bonchev–Trinajstić information content (AvgIpc) is 3.02. The number of rotatable bonds is 27. The molecule has 0 aliphatic carbocycles. The SMILES string of the molecule is CCCCCCCCCCCCOc1ccc(OCCCCCCCCCCCC)c(C(=O)c2cc(C)cc([N+](=O)[O-])c2)c1. The van der Waals surface area contributed by atoms with Crippen LogP contribution >= 0.6 is 0 Å². The number of hydrogen-bond acceptors (Lipinski definition) is 5. The molecule has 6 nitrogen and oxygen atoms in total. The number of ether oxygens (including phenoxy) is 2. The summed E-state index contributed by atoms with van der Waals surface area (Å²) in [7, 11) is 0. The smallest absolute Gasteiger partial charge is 0.270 e. The first kappa shape index (κ1) is 37.3. The third-order valence-electron chi connectivity index (χ3n) is 8.25. The second kappa shape index (κ2) is 23.5. The minimum Gasteiger partial charge on any atom is -0.494 e. The van der Waals surface area contributed by atoms with E-state index in [9.17, 15) is 14.9 Å². The highest BCUT2D eigenvalue weighted by Gasteiger charge is 2.20. The number of nitrogens with zero attached hydrogens (tertiary/aromatic N) is 1. The van der Waals surface area contributed by atoms with Gasteiger partial charge in [-0.25, -0.2) is 0 Å². The van der Waals surface area contributed by atoms with Crippen LogP contribution in [0.5, 0.6) is 11.5 Å². The summed E-state index contributed by atoms with van der Waals surface area (Å²) < 4.78 is 12.2. The van der Waals surface area contributed by atoms with E-state index in [-0.39, 0.29) is 17.0 Å². The highest BCUT2D eigenvalue weighted by Crippen LogP contribution is 2.29. The molecule has 2 aromatic rings. The molecule has 0 spiro atoms. The molecule has 0 saturated heterocycles.